The van der Waals surface area contributed by atoms with E-state index in [-0.39, 0.29) is 24.1 Å². The highest BCUT2D eigenvalue weighted by atomic mass is 32.2. The number of hydrogen-bond acceptors (Lipinski definition) is 5. The van der Waals surface area contributed by atoms with Crippen LogP contribution in [-0.4, -0.2) is 28.8 Å². The van der Waals surface area contributed by atoms with Crippen LogP contribution in [0.3, 0.4) is 0 Å². The van der Waals surface area contributed by atoms with Gasteiger partial charge in [0.1, 0.15) is 5.82 Å². The zero-order valence-electron chi connectivity index (χ0n) is 14.1. The van der Waals surface area contributed by atoms with Crippen molar-refractivity contribution in [3.8, 4) is 11.4 Å². The Balaban J connectivity index is 1.53. The second-order valence-corrected chi connectivity index (χ2v) is 6.95. The molecule has 1 atom stereocenters. The summed E-state index contributed by atoms with van der Waals surface area (Å²) < 4.78 is 18.8. The second-order valence-electron chi connectivity index (χ2n) is 6.07. The molecular weight excluding hydrogens is 353 g/mol. The van der Waals surface area contributed by atoms with Crippen molar-refractivity contribution in [2.75, 3.05) is 17.7 Å². The van der Waals surface area contributed by atoms with Gasteiger partial charge in [0.05, 0.1) is 5.92 Å². The summed E-state index contributed by atoms with van der Waals surface area (Å²) in [6.07, 6.45) is 2.28. The van der Waals surface area contributed by atoms with Crippen LogP contribution in [0.1, 0.15) is 18.2 Å². The third-order valence-corrected chi connectivity index (χ3v) is 5.13. The second kappa shape index (κ2) is 6.92. The van der Waals surface area contributed by atoms with E-state index in [0.717, 1.165) is 10.5 Å². The Bertz CT molecular complexity index is 942. The highest BCUT2D eigenvalue weighted by Gasteiger charge is 2.35. The summed E-state index contributed by atoms with van der Waals surface area (Å²) in [5.74, 6) is 0.292. The van der Waals surface area contributed by atoms with E-state index in [2.05, 4.69) is 10.1 Å². The normalized spacial score (nSPS) is 17.1. The van der Waals surface area contributed by atoms with Crippen molar-refractivity contribution in [3.05, 3.63) is 60.2 Å². The van der Waals surface area contributed by atoms with Gasteiger partial charge in [-0.3, -0.25) is 4.79 Å². The lowest BCUT2D eigenvalue weighted by Crippen LogP contribution is -2.24. The molecule has 1 aliphatic rings. The van der Waals surface area contributed by atoms with Crippen molar-refractivity contribution in [2.45, 2.75) is 17.2 Å². The molecule has 7 heteroatoms. The number of thioether (sulfide) groups is 1. The molecule has 4 rings (SSSR count). The topological polar surface area (TPSA) is 59.2 Å². The SMILES string of the molecule is CSc1ccc(-c2noc(C3CC(=O)N(c4cccc(F)c4)C3)n2)cc1. The maximum absolute atomic E-state index is 13.4. The Kier molecular flexibility index (Phi) is 4.46. The third kappa shape index (κ3) is 3.22. The zero-order chi connectivity index (χ0) is 18.1. The molecule has 1 amide bonds. The number of anilines is 1. The van der Waals surface area contributed by atoms with Gasteiger partial charge >= 0.3 is 0 Å². The summed E-state index contributed by atoms with van der Waals surface area (Å²) in [6.45, 7) is 0.398. The van der Waals surface area contributed by atoms with E-state index in [4.69, 9.17) is 4.52 Å². The Morgan fingerprint density at radius 2 is 2.04 bits per heavy atom. The zero-order valence-corrected chi connectivity index (χ0v) is 14.9. The highest BCUT2D eigenvalue weighted by molar-refractivity contribution is 7.98. The monoisotopic (exact) mass is 369 g/mol. The molecule has 0 N–H and O–H groups in total. The van der Waals surface area contributed by atoms with Gasteiger partial charge in [0.2, 0.25) is 17.6 Å². The summed E-state index contributed by atoms with van der Waals surface area (Å²) in [4.78, 5) is 19.5. The van der Waals surface area contributed by atoms with Gasteiger partial charge in [-0.15, -0.1) is 11.8 Å². The smallest absolute Gasteiger partial charge is 0.232 e. The summed E-state index contributed by atoms with van der Waals surface area (Å²) >= 11 is 1.66. The first-order chi connectivity index (χ1) is 12.6. The maximum Gasteiger partial charge on any atom is 0.232 e. The number of carbonyl (C=O) groups excluding carboxylic acids is 1. The number of benzene rings is 2. The third-order valence-electron chi connectivity index (χ3n) is 4.38. The van der Waals surface area contributed by atoms with Gasteiger partial charge in [-0.05, 0) is 48.7 Å². The molecule has 1 saturated heterocycles. The number of nitrogens with zero attached hydrogens (tertiary/aromatic N) is 3. The number of rotatable bonds is 4. The summed E-state index contributed by atoms with van der Waals surface area (Å²) in [6, 6.07) is 13.9. The molecule has 0 radical (unpaired) electrons. The average Bonchev–Trinajstić information content (AvgIpc) is 3.29. The molecule has 0 aliphatic carbocycles. The molecule has 3 aromatic rings. The van der Waals surface area contributed by atoms with Gasteiger partial charge in [-0.2, -0.15) is 4.98 Å². The van der Waals surface area contributed by atoms with Gasteiger partial charge in [0.15, 0.2) is 0 Å². The molecular formula is C19H16FN3O2S. The predicted molar refractivity (Wildman–Crippen MR) is 97.6 cm³/mol. The van der Waals surface area contributed by atoms with Gasteiger partial charge < -0.3 is 9.42 Å². The molecule has 1 unspecified atom stereocenters. The minimum Gasteiger partial charge on any atom is -0.339 e. The lowest BCUT2D eigenvalue weighted by Gasteiger charge is -2.15. The van der Waals surface area contributed by atoms with E-state index in [1.807, 2.05) is 30.5 Å². The quantitative estimate of drug-likeness (QED) is 0.648. The van der Waals surface area contributed by atoms with E-state index in [1.54, 1.807) is 28.8 Å². The highest BCUT2D eigenvalue weighted by Crippen LogP contribution is 2.32. The van der Waals surface area contributed by atoms with Crippen LogP contribution in [0.5, 0.6) is 0 Å². The van der Waals surface area contributed by atoms with E-state index in [0.29, 0.717) is 23.9 Å². The van der Waals surface area contributed by atoms with Crippen molar-refractivity contribution < 1.29 is 13.7 Å². The Hall–Kier alpha value is -2.67. The Labute approximate surface area is 154 Å². The molecule has 0 bridgehead atoms. The van der Waals surface area contributed by atoms with Crippen molar-refractivity contribution in [1.29, 1.82) is 0 Å². The first kappa shape index (κ1) is 16.8. The van der Waals surface area contributed by atoms with Crippen LogP contribution in [0.4, 0.5) is 10.1 Å². The standard InChI is InChI=1S/C19H16FN3O2S/c1-26-16-7-5-12(6-8-16)18-21-19(25-22-18)13-9-17(24)23(11-13)15-4-2-3-14(20)10-15/h2-8,10,13H,9,11H2,1H3. The van der Waals surface area contributed by atoms with E-state index in [9.17, 15) is 9.18 Å². The summed E-state index contributed by atoms with van der Waals surface area (Å²) in [7, 11) is 0. The van der Waals surface area contributed by atoms with Crippen molar-refractivity contribution in [1.82, 2.24) is 10.1 Å². The first-order valence-corrected chi connectivity index (χ1v) is 9.40. The molecule has 5 nitrogen and oxygen atoms in total. The summed E-state index contributed by atoms with van der Waals surface area (Å²) in [5, 5.41) is 4.04. The maximum atomic E-state index is 13.4. The number of amides is 1. The molecule has 2 heterocycles. The van der Waals surface area contributed by atoms with E-state index in [1.165, 1.54) is 12.1 Å². The van der Waals surface area contributed by atoms with Crippen LogP contribution in [-0.2, 0) is 4.79 Å². The molecule has 1 aliphatic heterocycles. The van der Waals surface area contributed by atoms with E-state index < -0.39 is 0 Å². The van der Waals surface area contributed by atoms with Crippen LogP contribution >= 0.6 is 11.8 Å². The van der Waals surface area contributed by atoms with Crippen molar-refractivity contribution in [2.24, 2.45) is 0 Å². The molecule has 132 valence electrons. The molecule has 1 fully saturated rings. The fourth-order valence-corrected chi connectivity index (χ4v) is 3.43. The summed E-state index contributed by atoms with van der Waals surface area (Å²) in [5.41, 5.74) is 1.41. The van der Waals surface area contributed by atoms with E-state index >= 15 is 0 Å². The predicted octanol–water partition coefficient (Wildman–Crippen LogP) is 4.12. The first-order valence-electron chi connectivity index (χ1n) is 8.18. The van der Waals surface area contributed by atoms with Crippen LogP contribution < -0.4 is 4.90 Å². The van der Waals surface area contributed by atoms with Crippen LogP contribution in [0.15, 0.2) is 57.9 Å². The van der Waals surface area contributed by atoms with Crippen molar-refractivity contribution in [3.63, 3.8) is 0 Å². The van der Waals surface area contributed by atoms with Gasteiger partial charge in [0, 0.05) is 29.1 Å². The van der Waals surface area contributed by atoms with Crippen LogP contribution in [0.25, 0.3) is 11.4 Å². The van der Waals surface area contributed by atoms with Crippen LogP contribution in [0, 0.1) is 5.82 Å². The van der Waals surface area contributed by atoms with Gasteiger partial charge in [0.25, 0.3) is 0 Å². The van der Waals surface area contributed by atoms with Crippen LogP contribution in [0.2, 0.25) is 0 Å². The molecule has 2 aromatic carbocycles. The lowest BCUT2D eigenvalue weighted by atomic mass is 10.1. The molecule has 26 heavy (non-hydrogen) atoms. The number of halogens is 1. The number of aromatic nitrogens is 2. The Morgan fingerprint density at radius 1 is 1.23 bits per heavy atom. The Morgan fingerprint density at radius 3 is 2.77 bits per heavy atom. The largest absolute Gasteiger partial charge is 0.339 e. The van der Waals surface area contributed by atoms with Crippen molar-refractivity contribution >= 4 is 23.4 Å². The lowest BCUT2D eigenvalue weighted by molar-refractivity contribution is -0.117. The van der Waals surface area contributed by atoms with Gasteiger partial charge in [-0.25, -0.2) is 4.39 Å². The molecule has 0 saturated carbocycles. The fourth-order valence-electron chi connectivity index (χ4n) is 3.02. The minimum atomic E-state index is -0.368. The minimum absolute atomic E-state index is 0.0790. The fraction of sp³-hybridized carbons (Fsp3) is 0.211. The molecule has 0 spiro atoms. The van der Waals surface area contributed by atoms with Gasteiger partial charge in [-0.1, -0.05) is 11.2 Å². The number of carbonyl (C=O) groups is 1. The number of hydrogen-bond donors (Lipinski definition) is 0. The molecule has 1 aromatic heterocycles. The average molecular weight is 369 g/mol.